The van der Waals surface area contributed by atoms with E-state index in [2.05, 4.69) is 5.32 Å². The van der Waals surface area contributed by atoms with Gasteiger partial charge in [-0.3, -0.25) is 9.59 Å². The minimum Gasteiger partial charge on any atom is -0.394 e. The van der Waals surface area contributed by atoms with Gasteiger partial charge < -0.3 is 31.0 Å². The number of carbonyl (C=O) groups is 2. The fourth-order valence-corrected chi connectivity index (χ4v) is 3.24. The van der Waals surface area contributed by atoms with Gasteiger partial charge in [-0.25, -0.2) is 0 Å². The highest BCUT2D eigenvalue weighted by atomic mass is 16.5. The summed E-state index contributed by atoms with van der Waals surface area (Å²) in [5, 5.41) is 51.0. The monoisotopic (exact) mass is 348 g/mol. The van der Waals surface area contributed by atoms with Crippen molar-refractivity contribution >= 4 is 11.7 Å². The molecule has 0 aromatic carbocycles. The van der Waals surface area contributed by atoms with Gasteiger partial charge in [0.05, 0.1) is 6.61 Å². The van der Waals surface area contributed by atoms with Crippen molar-refractivity contribution in [2.24, 2.45) is 0 Å². The molecule has 24 heavy (non-hydrogen) atoms. The van der Waals surface area contributed by atoms with E-state index in [-0.39, 0.29) is 0 Å². The second-order valence-corrected chi connectivity index (χ2v) is 7.56. The van der Waals surface area contributed by atoms with Gasteiger partial charge in [0.2, 0.25) is 0 Å². The van der Waals surface area contributed by atoms with E-state index in [0.29, 0.717) is 12.8 Å². The maximum atomic E-state index is 12.0. The van der Waals surface area contributed by atoms with Crippen LogP contribution in [0.5, 0.6) is 0 Å². The quantitative estimate of drug-likeness (QED) is 0.306. The Morgan fingerprint density at radius 1 is 1.12 bits per heavy atom. The zero-order chi connectivity index (χ0) is 18.9. The summed E-state index contributed by atoms with van der Waals surface area (Å²) in [6.45, 7) is 6.33. The molecule has 0 spiro atoms. The van der Waals surface area contributed by atoms with E-state index in [1.807, 2.05) is 0 Å². The lowest BCUT2D eigenvalue weighted by Crippen LogP contribution is -2.63. The van der Waals surface area contributed by atoms with Crippen LogP contribution in [-0.2, 0) is 9.59 Å². The molecule has 9 nitrogen and oxygen atoms in total. The van der Waals surface area contributed by atoms with Crippen molar-refractivity contribution in [3.05, 3.63) is 0 Å². The second kappa shape index (κ2) is 7.42. The minimum absolute atomic E-state index is 0.379. The van der Waals surface area contributed by atoms with Crippen LogP contribution in [0.25, 0.3) is 0 Å². The van der Waals surface area contributed by atoms with Crippen molar-refractivity contribution in [3.63, 3.8) is 0 Å². The number of hydrogen-bond donors (Lipinski definition) is 6. The average molecular weight is 348 g/mol. The highest BCUT2D eigenvalue weighted by Gasteiger charge is 2.46. The second-order valence-electron chi connectivity index (χ2n) is 7.56. The van der Waals surface area contributed by atoms with Crippen LogP contribution in [0.2, 0.25) is 0 Å². The van der Waals surface area contributed by atoms with Crippen molar-refractivity contribution in [2.45, 2.75) is 76.0 Å². The topological polar surface area (TPSA) is 151 Å². The first kappa shape index (κ1) is 20.9. The molecule has 0 aromatic rings. The number of piperidine rings is 1. The third-order valence-corrected chi connectivity index (χ3v) is 4.37. The van der Waals surface area contributed by atoms with Crippen LogP contribution >= 0.6 is 0 Å². The lowest BCUT2D eigenvalue weighted by atomic mass is 9.79. The van der Waals surface area contributed by atoms with E-state index in [4.69, 9.17) is 5.11 Å². The van der Waals surface area contributed by atoms with Gasteiger partial charge in [0.25, 0.3) is 11.7 Å². The molecule has 3 atom stereocenters. The molecule has 0 bridgehead atoms. The van der Waals surface area contributed by atoms with Gasteiger partial charge >= 0.3 is 0 Å². The summed E-state index contributed by atoms with van der Waals surface area (Å²) in [5.41, 5.74) is -1.26. The minimum atomic E-state index is -2.13. The van der Waals surface area contributed by atoms with Crippen LogP contribution < -0.4 is 5.32 Å². The molecule has 1 rings (SSSR count). The molecule has 1 heterocycles. The van der Waals surface area contributed by atoms with Crippen LogP contribution in [0.1, 0.15) is 40.5 Å². The summed E-state index contributed by atoms with van der Waals surface area (Å²) in [4.78, 5) is 23.9. The number of carbonyl (C=O) groups excluding carboxylic acids is 2. The van der Waals surface area contributed by atoms with Crippen LogP contribution in [0.3, 0.4) is 0 Å². The number of rotatable bonds is 6. The van der Waals surface area contributed by atoms with Gasteiger partial charge in [-0.05, 0) is 40.5 Å². The number of amides is 1. The molecule has 0 aromatic heterocycles. The maximum Gasteiger partial charge on any atom is 0.290 e. The average Bonchev–Trinajstić information content (AvgIpc) is 2.48. The number of Topliss-reactive ketones (excluding diaryl/α,β-unsaturated/α-hetero) is 1. The van der Waals surface area contributed by atoms with Gasteiger partial charge in [-0.2, -0.15) is 5.06 Å². The fraction of sp³-hybridized carbons (Fsp3) is 0.867. The SMILES string of the molecule is CC1(C)CC(NC(=O)C(=O)C(O)C(O)C(O)CO)CC(C)(C)N1O. The van der Waals surface area contributed by atoms with Gasteiger partial charge in [-0.1, -0.05) is 0 Å². The van der Waals surface area contributed by atoms with E-state index in [1.54, 1.807) is 27.7 Å². The summed E-state index contributed by atoms with van der Waals surface area (Å²) < 4.78 is 0. The van der Waals surface area contributed by atoms with Crippen molar-refractivity contribution in [1.29, 1.82) is 0 Å². The number of nitrogens with one attached hydrogen (secondary N) is 1. The first-order valence-electron chi connectivity index (χ1n) is 7.82. The van der Waals surface area contributed by atoms with E-state index >= 15 is 0 Å². The molecule has 6 N–H and O–H groups in total. The highest BCUT2D eigenvalue weighted by molar-refractivity contribution is 6.38. The Morgan fingerprint density at radius 3 is 2.00 bits per heavy atom. The Kier molecular flexibility index (Phi) is 6.48. The summed E-state index contributed by atoms with van der Waals surface area (Å²) in [7, 11) is 0. The molecule has 0 saturated carbocycles. The Balaban J connectivity index is 2.75. The molecule has 0 radical (unpaired) electrons. The van der Waals surface area contributed by atoms with Crippen LogP contribution in [0.4, 0.5) is 0 Å². The lowest BCUT2D eigenvalue weighted by Gasteiger charge is -2.51. The van der Waals surface area contributed by atoms with Crippen LogP contribution in [0, 0.1) is 0 Å². The Bertz CT molecular complexity index is 462. The molecule has 1 aliphatic rings. The summed E-state index contributed by atoms with van der Waals surface area (Å²) in [6, 6.07) is -0.415. The Morgan fingerprint density at radius 2 is 1.58 bits per heavy atom. The smallest absolute Gasteiger partial charge is 0.290 e. The van der Waals surface area contributed by atoms with Crippen LogP contribution in [0.15, 0.2) is 0 Å². The molecule has 1 saturated heterocycles. The zero-order valence-electron chi connectivity index (χ0n) is 14.4. The van der Waals surface area contributed by atoms with Crippen molar-refractivity contribution in [2.75, 3.05) is 6.61 Å². The highest BCUT2D eigenvalue weighted by Crippen LogP contribution is 2.36. The maximum absolute atomic E-state index is 12.0. The number of aliphatic hydroxyl groups is 4. The summed E-state index contributed by atoms with van der Waals surface area (Å²) in [5.74, 6) is -2.38. The third-order valence-electron chi connectivity index (χ3n) is 4.37. The fourth-order valence-electron chi connectivity index (χ4n) is 3.24. The third kappa shape index (κ3) is 4.50. The largest absolute Gasteiger partial charge is 0.394 e. The first-order chi connectivity index (χ1) is 10.8. The van der Waals surface area contributed by atoms with E-state index < -0.39 is 53.7 Å². The Hall–Kier alpha value is -1.10. The molecular formula is C15H28N2O7. The first-order valence-corrected chi connectivity index (χ1v) is 7.82. The molecule has 140 valence electrons. The predicted molar refractivity (Wildman–Crippen MR) is 83.1 cm³/mol. The number of ketones is 1. The Labute approximate surface area is 140 Å². The lowest BCUT2D eigenvalue weighted by molar-refractivity contribution is -0.246. The van der Waals surface area contributed by atoms with Gasteiger partial charge in [0.1, 0.15) is 12.2 Å². The number of nitrogens with zero attached hydrogens (tertiary/aromatic N) is 1. The molecular weight excluding hydrogens is 320 g/mol. The van der Waals surface area contributed by atoms with Crippen molar-refractivity contribution in [1.82, 2.24) is 10.4 Å². The van der Waals surface area contributed by atoms with E-state index in [0.717, 1.165) is 0 Å². The summed E-state index contributed by atoms with van der Waals surface area (Å²) in [6.07, 6.45) is -5.06. The van der Waals surface area contributed by atoms with Crippen molar-refractivity contribution < 1.29 is 35.2 Å². The zero-order valence-corrected chi connectivity index (χ0v) is 14.4. The normalized spacial score (nSPS) is 24.9. The van der Waals surface area contributed by atoms with Crippen molar-refractivity contribution in [3.8, 4) is 0 Å². The number of hydroxylamine groups is 2. The number of hydrogen-bond acceptors (Lipinski definition) is 8. The van der Waals surface area contributed by atoms with Gasteiger partial charge in [0.15, 0.2) is 6.10 Å². The van der Waals surface area contributed by atoms with E-state index in [9.17, 15) is 30.1 Å². The van der Waals surface area contributed by atoms with Gasteiger partial charge in [0, 0.05) is 17.1 Å². The molecule has 9 heteroatoms. The molecule has 1 fully saturated rings. The predicted octanol–water partition coefficient (Wildman–Crippen LogP) is -1.84. The standard InChI is InChI=1S/C15H28N2O7/c1-14(2)5-8(6-15(3,4)17(14)24)16-13(23)12(22)11(21)10(20)9(19)7-18/h8-11,18-21,24H,5-7H2,1-4H3,(H,16,23). The van der Waals surface area contributed by atoms with Crippen LogP contribution in [-0.4, -0.2) is 84.4 Å². The molecule has 1 amide bonds. The number of aliphatic hydroxyl groups excluding tert-OH is 4. The summed E-state index contributed by atoms with van der Waals surface area (Å²) >= 11 is 0. The molecule has 3 unspecified atom stereocenters. The molecule has 0 aliphatic carbocycles. The molecule has 1 aliphatic heterocycles. The van der Waals surface area contributed by atoms with E-state index in [1.165, 1.54) is 5.06 Å². The van der Waals surface area contributed by atoms with Gasteiger partial charge in [-0.15, -0.1) is 0 Å².